The van der Waals surface area contributed by atoms with Crippen LogP contribution in [0.1, 0.15) is 113 Å². The van der Waals surface area contributed by atoms with Gasteiger partial charge in [-0.1, -0.05) is 53.2 Å². The maximum Gasteiger partial charge on any atom is 0.397 e. The quantitative estimate of drug-likeness (QED) is 0.0384. The van der Waals surface area contributed by atoms with Crippen LogP contribution >= 0.6 is 0 Å². The van der Waals surface area contributed by atoms with Crippen LogP contribution in [0.4, 0.5) is 0 Å². The Morgan fingerprint density at radius 2 is 1.26 bits per heavy atom. The summed E-state index contributed by atoms with van der Waals surface area (Å²) in [4.78, 5) is 27.8. The van der Waals surface area contributed by atoms with Crippen LogP contribution in [0, 0.1) is 45.3 Å². The summed E-state index contributed by atoms with van der Waals surface area (Å²) in [5.74, 6) is -0.0824. The summed E-state index contributed by atoms with van der Waals surface area (Å²) in [7, 11) is -4.06. The Kier molecular flexibility index (Phi) is 20.5. The van der Waals surface area contributed by atoms with Crippen LogP contribution in [0.3, 0.4) is 0 Å². The molecule has 6 saturated heterocycles. The number of allylic oxidation sites excluding steroid dienone is 2. The molecule has 1 spiro atoms. The second kappa shape index (κ2) is 26.1. The third-order valence-corrected chi connectivity index (χ3v) is 22.5. The van der Waals surface area contributed by atoms with Gasteiger partial charge in [-0.2, -0.15) is 8.42 Å². The van der Waals surface area contributed by atoms with Crippen LogP contribution in [-0.4, -0.2) is 267 Å². The third kappa shape index (κ3) is 12.4. The zero-order valence-corrected chi connectivity index (χ0v) is 52.5. The fourth-order valence-corrected chi connectivity index (χ4v) is 18.0. The van der Waals surface area contributed by atoms with E-state index < -0.39 is 206 Å². The van der Waals surface area contributed by atoms with Crippen molar-refractivity contribution in [1.29, 1.82) is 0 Å². The molecule has 0 amide bonds. The highest BCUT2D eigenvalue weighted by Gasteiger charge is 2.76. The minimum Gasteiger partial charge on any atom is -0.458 e. The maximum absolute atomic E-state index is 14.5. The Labute approximate surface area is 517 Å². The fourth-order valence-electron chi connectivity index (χ4n) is 17.6. The van der Waals surface area contributed by atoms with Gasteiger partial charge in [-0.15, -0.1) is 0 Å². The summed E-state index contributed by atoms with van der Waals surface area (Å²) < 4.78 is 112. The van der Waals surface area contributed by atoms with Gasteiger partial charge in [0.15, 0.2) is 31.5 Å². The van der Waals surface area contributed by atoms with E-state index in [2.05, 4.69) is 33.8 Å². The third-order valence-electron chi connectivity index (χ3n) is 22.0. The summed E-state index contributed by atoms with van der Waals surface area (Å²) >= 11 is 0. The minimum absolute atomic E-state index is 0.0464. The number of Topliss-reactive ketones (excluding diaryl/α,β-unsaturated/α-hetero) is 1. The Morgan fingerprint density at radius 3 is 1.91 bits per heavy atom. The molecule has 31 atom stereocenters. The summed E-state index contributed by atoms with van der Waals surface area (Å²) in [5.41, 5.74) is -1.98. The van der Waals surface area contributed by atoms with Crippen LogP contribution in [-0.2, 0) is 81.0 Å². The van der Waals surface area contributed by atoms with Gasteiger partial charge in [-0.3, -0.25) is 14.1 Å². The number of cyclic esters (lactones) is 1. The lowest BCUT2D eigenvalue weighted by Gasteiger charge is -2.64. The predicted octanol–water partition coefficient (Wildman–Crippen LogP) is -1.84. The number of carbonyl (C=O) groups is 2. The van der Waals surface area contributed by atoms with E-state index in [4.69, 9.17) is 61.0 Å². The molecule has 10 rings (SSSR count). The smallest absolute Gasteiger partial charge is 0.397 e. The van der Waals surface area contributed by atoms with E-state index in [0.717, 1.165) is 12.8 Å². The van der Waals surface area contributed by atoms with Gasteiger partial charge >= 0.3 is 16.4 Å². The van der Waals surface area contributed by atoms with Crippen molar-refractivity contribution in [3.8, 4) is 0 Å². The molecule has 89 heavy (non-hydrogen) atoms. The maximum atomic E-state index is 14.5. The first-order chi connectivity index (χ1) is 41.7. The van der Waals surface area contributed by atoms with Gasteiger partial charge in [0.2, 0.25) is 0 Å². The Balaban J connectivity index is 0.914. The Hall–Kier alpha value is -2.13. The first-order valence-corrected chi connectivity index (χ1v) is 32.5. The van der Waals surface area contributed by atoms with E-state index in [0.29, 0.717) is 38.5 Å². The van der Waals surface area contributed by atoms with E-state index >= 15 is 0 Å². The molecule has 0 aromatic heterocycles. The van der Waals surface area contributed by atoms with E-state index in [-0.39, 0.29) is 47.3 Å². The molecule has 4 aliphatic carbocycles. The van der Waals surface area contributed by atoms with Crippen molar-refractivity contribution in [3.05, 3.63) is 11.6 Å². The van der Waals surface area contributed by atoms with Crippen LogP contribution in [0.15, 0.2) is 11.6 Å². The van der Waals surface area contributed by atoms with Gasteiger partial charge in [0, 0.05) is 31.3 Å². The zero-order chi connectivity index (χ0) is 65.0. The van der Waals surface area contributed by atoms with E-state index in [1.54, 1.807) is 0 Å². The number of ketones is 1. The lowest BCUT2D eigenvalue weighted by molar-refractivity contribution is -0.405. The summed E-state index contributed by atoms with van der Waals surface area (Å²) in [6.45, 7) is 13.1. The van der Waals surface area contributed by atoms with Crippen LogP contribution < -0.4 is 0 Å². The van der Waals surface area contributed by atoms with E-state index in [1.807, 2.05) is 20.8 Å². The Bertz CT molecular complexity index is 2650. The van der Waals surface area contributed by atoms with Crippen molar-refractivity contribution in [3.63, 3.8) is 0 Å². The molecule has 30 heteroatoms. The number of aliphatic hydroxyl groups excluding tert-OH is 11. The average molecular weight is 1300 g/mol. The number of ether oxygens (including phenoxy) is 12. The van der Waals surface area contributed by atoms with Crippen LogP contribution in [0.2, 0.25) is 0 Å². The van der Waals surface area contributed by atoms with E-state index in [1.165, 1.54) is 19.6 Å². The average Bonchev–Trinajstić information content (AvgIpc) is 1.55. The predicted molar refractivity (Wildman–Crippen MR) is 298 cm³/mol. The van der Waals surface area contributed by atoms with Crippen LogP contribution in [0.25, 0.3) is 0 Å². The molecule has 3 saturated carbocycles. The SMILES string of the molecule is COC1C(O)COC(OC2C(O)C(CO)OC(OC3C(C)OC(OC4C(OC5CCC6(C)C7CCC89C(=O)OC(C)(CC(=O)CC(C)C)C8CCC9(C)C7=CCC6C5(C)C)OCC(OS(=O)(=O)O)C4O)C(OC4OC(CO)C(O)C(O)C4O)C3O)C2O)C1O. The van der Waals surface area contributed by atoms with Crippen molar-refractivity contribution in [2.75, 3.05) is 33.5 Å². The number of methoxy groups -OCH3 is 1. The van der Waals surface area contributed by atoms with Gasteiger partial charge in [0.25, 0.3) is 0 Å². The van der Waals surface area contributed by atoms with Crippen molar-refractivity contribution in [1.82, 2.24) is 0 Å². The highest BCUT2D eigenvalue weighted by atomic mass is 32.3. The van der Waals surface area contributed by atoms with Crippen molar-refractivity contribution in [2.45, 2.75) is 266 Å². The number of fused-ring (bicyclic) bond motifs is 4. The lowest BCUT2D eigenvalue weighted by Crippen LogP contribution is -2.68. The molecule has 6 heterocycles. The van der Waals surface area contributed by atoms with Gasteiger partial charge in [0.1, 0.15) is 115 Å². The van der Waals surface area contributed by atoms with Crippen molar-refractivity contribution >= 4 is 22.2 Å². The second-order valence-electron chi connectivity index (χ2n) is 28.2. The topological polar surface area (TPSA) is 431 Å². The molecular formula is C59H94O29S. The van der Waals surface area contributed by atoms with Gasteiger partial charge in [-0.05, 0) is 87.4 Å². The number of rotatable bonds is 19. The Morgan fingerprint density at radius 1 is 0.652 bits per heavy atom. The molecule has 6 aliphatic heterocycles. The van der Waals surface area contributed by atoms with Gasteiger partial charge in [0.05, 0.1) is 44.1 Å². The molecule has 0 aromatic carbocycles. The molecule has 10 aliphatic rings. The molecule has 12 N–H and O–H groups in total. The highest BCUT2D eigenvalue weighted by Crippen LogP contribution is 2.76. The zero-order valence-electron chi connectivity index (χ0n) is 51.7. The van der Waals surface area contributed by atoms with Crippen molar-refractivity contribution < 1.29 is 140 Å². The molecule has 0 aromatic rings. The van der Waals surface area contributed by atoms with Crippen LogP contribution in [0.5, 0.6) is 0 Å². The molecule has 0 radical (unpaired) electrons. The number of aliphatic hydroxyl groups is 11. The lowest BCUT2D eigenvalue weighted by atomic mass is 9.41. The monoisotopic (exact) mass is 1300 g/mol. The summed E-state index contributed by atoms with van der Waals surface area (Å²) in [6, 6.07) is 0. The molecule has 31 unspecified atom stereocenters. The minimum atomic E-state index is -5.28. The molecular weight excluding hydrogens is 1200 g/mol. The number of carbonyl (C=O) groups excluding carboxylic acids is 2. The largest absolute Gasteiger partial charge is 0.458 e. The molecule has 0 bridgehead atoms. The van der Waals surface area contributed by atoms with Gasteiger partial charge < -0.3 is 113 Å². The number of hydrogen-bond acceptors (Lipinski definition) is 28. The highest BCUT2D eigenvalue weighted by molar-refractivity contribution is 7.80. The van der Waals surface area contributed by atoms with E-state index in [9.17, 15) is 78.7 Å². The summed E-state index contributed by atoms with van der Waals surface area (Å²) in [5, 5.41) is 122. The standard InChI is InChI=1S/C59H94O29S/c1-24(2)18-26(62)19-58(8)34-13-16-57(7)28-10-11-33-55(4,5)35(14-15-56(33,6)27(28)12-17-59(34,57)54(72)87-58)82-52-47(38(66)32(23-78-52)88-89(73,74)75)86-53-48(85-50-40(68)39(67)36(64)30(20-60)80-50)41(69)44(25(3)79-53)83-51-43(71)46(37(65)31(21-61)81-51)84-49-42(70)45(76-9)29(63)22-77-49/h10,24-25,27,29-53,60-61,63-71H,11-23H2,1-9H3,(H,73,74,75). The second-order valence-corrected chi connectivity index (χ2v) is 29.2. The fraction of sp³-hybridized carbons (Fsp3) is 0.932. The summed E-state index contributed by atoms with van der Waals surface area (Å²) in [6.07, 6.45) is -34.3. The molecule has 9 fully saturated rings. The first kappa shape index (κ1) is 69.7. The molecule has 510 valence electrons. The number of hydrogen-bond donors (Lipinski definition) is 12. The molecule has 29 nitrogen and oxygen atoms in total. The number of esters is 1. The first-order valence-electron chi connectivity index (χ1n) is 31.2. The van der Waals surface area contributed by atoms with Crippen molar-refractivity contribution in [2.24, 2.45) is 45.3 Å². The van der Waals surface area contributed by atoms with Gasteiger partial charge in [-0.25, -0.2) is 4.18 Å². The normalized spacial score (nSPS) is 50.7.